The van der Waals surface area contributed by atoms with Crippen LogP contribution in [0.5, 0.6) is 0 Å². The Bertz CT molecular complexity index is 1170. The zero-order valence-corrected chi connectivity index (χ0v) is 20.6. The predicted molar refractivity (Wildman–Crippen MR) is 130 cm³/mol. The van der Waals surface area contributed by atoms with Gasteiger partial charge in [-0.1, -0.05) is 25.6 Å². The molecule has 0 aliphatic carbocycles. The number of nitrogens with one attached hydrogen (secondary N) is 1. The maximum atomic E-state index is 12.6. The predicted octanol–water partition coefficient (Wildman–Crippen LogP) is 3.56. The van der Waals surface area contributed by atoms with E-state index < -0.39 is 10.0 Å². The lowest BCUT2D eigenvalue weighted by Gasteiger charge is -2.18. The lowest BCUT2D eigenvalue weighted by Crippen LogP contribution is -2.30. The van der Waals surface area contributed by atoms with Crippen LogP contribution in [-0.2, 0) is 14.8 Å². The summed E-state index contributed by atoms with van der Waals surface area (Å²) in [5.41, 5.74) is 2.34. The van der Waals surface area contributed by atoms with Crippen molar-refractivity contribution in [3.63, 3.8) is 0 Å². The summed E-state index contributed by atoms with van der Waals surface area (Å²) in [5.74, 6) is 0.172. The van der Waals surface area contributed by atoms with Gasteiger partial charge in [0.25, 0.3) is 5.22 Å². The molecule has 1 N–H and O–H groups in total. The second-order valence-corrected chi connectivity index (χ2v) is 10.1. The average Bonchev–Trinajstić information content (AvgIpc) is 3.28. The molecule has 11 heteroatoms. The Hall–Kier alpha value is -2.89. The SMILES string of the molecule is CCN(CC)S(=O)(=O)c1ccc(-c2nnc(SCC(=O)Nc3ccc(N(C)C)cc3)o2)cc1. The van der Waals surface area contributed by atoms with Gasteiger partial charge in [0.15, 0.2) is 0 Å². The highest BCUT2D eigenvalue weighted by atomic mass is 32.2. The first-order chi connectivity index (χ1) is 15.7. The van der Waals surface area contributed by atoms with E-state index in [4.69, 9.17) is 4.42 Å². The summed E-state index contributed by atoms with van der Waals surface area (Å²) in [4.78, 5) is 14.4. The molecule has 2 aromatic carbocycles. The maximum absolute atomic E-state index is 12.6. The van der Waals surface area contributed by atoms with E-state index in [0.29, 0.717) is 24.3 Å². The lowest BCUT2D eigenvalue weighted by molar-refractivity contribution is -0.113. The minimum absolute atomic E-state index is 0.109. The summed E-state index contributed by atoms with van der Waals surface area (Å²) in [7, 11) is 0.370. The first-order valence-electron chi connectivity index (χ1n) is 10.4. The topological polar surface area (TPSA) is 109 Å². The van der Waals surface area contributed by atoms with E-state index in [9.17, 15) is 13.2 Å². The van der Waals surface area contributed by atoms with Gasteiger partial charge < -0.3 is 14.6 Å². The van der Waals surface area contributed by atoms with Crippen LogP contribution >= 0.6 is 11.8 Å². The van der Waals surface area contributed by atoms with Crippen LogP contribution in [0.3, 0.4) is 0 Å². The molecule has 0 atom stereocenters. The van der Waals surface area contributed by atoms with Crippen molar-refractivity contribution < 1.29 is 17.6 Å². The number of sulfonamides is 1. The summed E-state index contributed by atoms with van der Waals surface area (Å²) >= 11 is 1.13. The van der Waals surface area contributed by atoms with E-state index in [2.05, 4.69) is 15.5 Å². The molecule has 9 nitrogen and oxygen atoms in total. The zero-order chi connectivity index (χ0) is 24.0. The second kappa shape index (κ2) is 10.8. The molecular formula is C22H27N5O4S2. The van der Waals surface area contributed by atoms with E-state index in [0.717, 1.165) is 17.4 Å². The number of aromatic nitrogens is 2. The molecule has 1 heterocycles. The van der Waals surface area contributed by atoms with Gasteiger partial charge in [-0.15, -0.1) is 10.2 Å². The van der Waals surface area contributed by atoms with Crippen LogP contribution in [0.25, 0.3) is 11.5 Å². The fraction of sp³-hybridized carbons (Fsp3) is 0.318. The van der Waals surface area contributed by atoms with Gasteiger partial charge in [-0.2, -0.15) is 4.31 Å². The standard InChI is InChI=1S/C22H27N5O4S2/c1-5-27(6-2)33(29,30)19-13-7-16(8-14-19)21-24-25-22(31-21)32-15-20(28)23-17-9-11-18(12-10-17)26(3)4/h7-14H,5-6,15H2,1-4H3,(H,23,28). The molecule has 0 aliphatic rings. The van der Waals surface area contributed by atoms with Crippen molar-refractivity contribution in [3.05, 3.63) is 48.5 Å². The lowest BCUT2D eigenvalue weighted by atomic mass is 10.2. The third kappa shape index (κ3) is 6.12. The van der Waals surface area contributed by atoms with E-state index >= 15 is 0 Å². The fourth-order valence-electron chi connectivity index (χ4n) is 3.03. The summed E-state index contributed by atoms with van der Waals surface area (Å²) in [6.45, 7) is 4.40. The van der Waals surface area contributed by atoms with Crippen molar-refractivity contribution in [2.24, 2.45) is 0 Å². The molecule has 0 fully saturated rings. The van der Waals surface area contributed by atoms with Crippen molar-refractivity contribution in [1.82, 2.24) is 14.5 Å². The van der Waals surface area contributed by atoms with Gasteiger partial charge in [0.1, 0.15) is 0 Å². The molecule has 3 aromatic rings. The number of thioether (sulfide) groups is 1. The monoisotopic (exact) mass is 489 g/mol. The van der Waals surface area contributed by atoms with Gasteiger partial charge in [-0.3, -0.25) is 4.79 Å². The Labute approximate surface area is 198 Å². The van der Waals surface area contributed by atoms with Gasteiger partial charge >= 0.3 is 0 Å². The molecule has 0 bridgehead atoms. The number of hydrogen-bond acceptors (Lipinski definition) is 8. The van der Waals surface area contributed by atoms with E-state index in [-0.39, 0.29) is 27.7 Å². The third-order valence-corrected chi connectivity index (χ3v) is 7.73. The molecule has 1 amide bonds. The van der Waals surface area contributed by atoms with Crippen LogP contribution in [0.15, 0.2) is 63.1 Å². The van der Waals surface area contributed by atoms with Crippen LogP contribution in [0.2, 0.25) is 0 Å². The molecule has 0 aliphatic heterocycles. The number of carbonyl (C=O) groups excluding carboxylic acids is 1. The van der Waals surface area contributed by atoms with E-state index in [1.54, 1.807) is 26.0 Å². The van der Waals surface area contributed by atoms with Crippen LogP contribution in [0.4, 0.5) is 11.4 Å². The molecule has 3 rings (SSSR count). The van der Waals surface area contributed by atoms with Gasteiger partial charge in [0.05, 0.1) is 10.6 Å². The van der Waals surface area contributed by atoms with Crippen molar-refractivity contribution in [2.45, 2.75) is 24.0 Å². The number of nitrogens with zero attached hydrogens (tertiary/aromatic N) is 4. The highest BCUT2D eigenvalue weighted by molar-refractivity contribution is 7.99. The molecule has 0 unspecified atom stereocenters. The van der Waals surface area contributed by atoms with Crippen molar-refractivity contribution >= 4 is 39.1 Å². The number of rotatable bonds is 10. The smallest absolute Gasteiger partial charge is 0.277 e. The van der Waals surface area contributed by atoms with Crippen molar-refractivity contribution in [1.29, 1.82) is 0 Å². The number of hydrogen-bond donors (Lipinski definition) is 1. The Morgan fingerprint density at radius 3 is 2.21 bits per heavy atom. The Morgan fingerprint density at radius 1 is 1.00 bits per heavy atom. The average molecular weight is 490 g/mol. The number of carbonyl (C=O) groups is 1. The second-order valence-electron chi connectivity index (χ2n) is 7.26. The molecule has 33 heavy (non-hydrogen) atoms. The molecule has 0 saturated carbocycles. The number of amides is 1. The normalized spacial score (nSPS) is 11.5. The molecule has 1 aromatic heterocycles. The van der Waals surface area contributed by atoms with E-state index in [1.807, 2.05) is 43.3 Å². The highest BCUT2D eigenvalue weighted by Crippen LogP contribution is 2.25. The molecule has 176 valence electrons. The Morgan fingerprint density at radius 2 is 1.64 bits per heavy atom. The Balaban J connectivity index is 1.59. The molecular weight excluding hydrogens is 462 g/mol. The van der Waals surface area contributed by atoms with Gasteiger partial charge in [0.2, 0.25) is 21.8 Å². The highest BCUT2D eigenvalue weighted by Gasteiger charge is 2.21. The first kappa shape index (κ1) is 24.7. The molecule has 0 radical (unpaired) electrons. The minimum Gasteiger partial charge on any atom is -0.411 e. The Kier molecular flexibility index (Phi) is 8.11. The van der Waals surface area contributed by atoms with Gasteiger partial charge in [-0.05, 0) is 48.5 Å². The third-order valence-electron chi connectivity index (χ3n) is 4.85. The quantitative estimate of drug-likeness (QED) is 0.431. The summed E-state index contributed by atoms with van der Waals surface area (Å²) in [6.07, 6.45) is 0. The molecule has 0 spiro atoms. The fourth-order valence-corrected chi connectivity index (χ4v) is 5.06. The summed E-state index contributed by atoms with van der Waals surface area (Å²) in [6, 6.07) is 13.8. The van der Waals surface area contributed by atoms with Gasteiger partial charge in [-0.25, -0.2) is 8.42 Å². The first-order valence-corrected chi connectivity index (χ1v) is 12.8. The van der Waals surface area contributed by atoms with Crippen LogP contribution in [0, 0.1) is 0 Å². The maximum Gasteiger partial charge on any atom is 0.277 e. The summed E-state index contributed by atoms with van der Waals surface area (Å²) < 4.78 is 32.2. The van der Waals surface area contributed by atoms with Crippen LogP contribution in [0.1, 0.15) is 13.8 Å². The number of benzene rings is 2. The van der Waals surface area contributed by atoms with Crippen molar-refractivity contribution in [3.8, 4) is 11.5 Å². The van der Waals surface area contributed by atoms with Gasteiger partial charge in [0, 0.05) is 44.1 Å². The summed E-state index contributed by atoms with van der Waals surface area (Å²) in [5, 5.41) is 11.0. The van der Waals surface area contributed by atoms with Crippen LogP contribution < -0.4 is 10.2 Å². The number of anilines is 2. The van der Waals surface area contributed by atoms with Crippen molar-refractivity contribution in [2.75, 3.05) is 43.2 Å². The minimum atomic E-state index is -3.53. The van der Waals surface area contributed by atoms with Crippen LogP contribution in [-0.4, -0.2) is 61.8 Å². The largest absolute Gasteiger partial charge is 0.411 e. The van der Waals surface area contributed by atoms with E-state index in [1.165, 1.54) is 16.4 Å². The molecule has 0 saturated heterocycles. The zero-order valence-electron chi connectivity index (χ0n) is 19.0.